The zero-order valence-electron chi connectivity index (χ0n) is 35.2. The summed E-state index contributed by atoms with van der Waals surface area (Å²) in [6, 6.07) is 57.8. The molecule has 9 aromatic rings. The minimum Gasteiger partial charge on any atom is -0.335 e. The van der Waals surface area contributed by atoms with Crippen molar-refractivity contribution >= 4 is 94.9 Å². The summed E-state index contributed by atoms with van der Waals surface area (Å²) >= 11 is 0. The summed E-state index contributed by atoms with van der Waals surface area (Å²) in [6.45, 7) is 12.5. The number of hydrogen-bond donors (Lipinski definition) is 0. The van der Waals surface area contributed by atoms with Gasteiger partial charge in [0.15, 0.2) is 0 Å². The van der Waals surface area contributed by atoms with E-state index in [0.29, 0.717) is 0 Å². The van der Waals surface area contributed by atoms with Gasteiger partial charge in [-0.1, -0.05) is 156 Å². The summed E-state index contributed by atoms with van der Waals surface area (Å²) in [5, 5.41) is 7.92. The monoisotopic (exact) mass is 773 g/mol. The van der Waals surface area contributed by atoms with E-state index in [1.165, 1.54) is 107 Å². The van der Waals surface area contributed by atoms with Crippen molar-refractivity contribution in [3.63, 3.8) is 0 Å². The number of aromatic nitrogens is 1. The third-order valence-corrected chi connectivity index (χ3v) is 15.6. The zero-order valence-corrected chi connectivity index (χ0v) is 35.2. The van der Waals surface area contributed by atoms with Crippen LogP contribution in [0.5, 0.6) is 0 Å². The topological polar surface area (TPSA) is 11.4 Å². The van der Waals surface area contributed by atoms with E-state index >= 15 is 0 Å². The van der Waals surface area contributed by atoms with Gasteiger partial charge in [-0.15, -0.1) is 0 Å². The first-order chi connectivity index (χ1) is 29.2. The summed E-state index contributed by atoms with van der Waals surface area (Å²) in [6.07, 6.45) is 4.88. The molecule has 2 unspecified atom stereocenters. The zero-order chi connectivity index (χ0) is 40.3. The molecule has 3 aliphatic heterocycles. The SMILES string of the molecule is CC(C)(C)c1cc2c3c(c1)C1(C)CCCCC1(C)N3c1cc(N(c3ccccc3)c3ccccc3)cc3c1B2c1cccc2c4c5ccccc5c5ccccc5c4n-3c12. The molecule has 0 N–H and O–H groups in total. The highest BCUT2D eigenvalue weighted by molar-refractivity contribution is 7.00. The Morgan fingerprint density at radius 1 is 0.550 bits per heavy atom. The molecule has 13 rings (SSSR count). The van der Waals surface area contributed by atoms with Crippen molar-refractivity contribution in [2.75, 3.05) is 9.80 Å². The van der Waals surface area contributed by atoms with Crippen molar-refractivity contribution in [3.8, 4) is 5.69 Å². The van der Waals surface area contributed by atoms with Gasteiger partial charge in [0.1, 0.15) is 0 Å². The van der Waals surface area contributed by atoms with Crippen LogP contribution in [0.4, 0.5) is 28.4 Å². The van der Waals surface area contributed by atoms with Gasteiger partial charge < -0.3 is 14.4 Å². The molecule has 60 heavy (non-hydrogen) atoms. The second kappa shape index (κ2) is 11.7. The molecule has 0 amide bonds. The third-order valence-electron chi connectivity index (χ3n) is 15.6. The highest BCUT2D eigenvalue weighted by Gasteiger charge is 2.61. The van der Waals surface area contributed by atoms with Gasteiger partial charge in [0.25, 0.3) is 6.71 Å². The van der Waals surface area contributed by atoms with Gasteiger partial charge in [0.05, 0.1) is 16.7 Å². The normalized spacial score (nSPS) is 19.9. The fourth-order valence-electron chi connectivity index (χ4n) is 12.6. The third kappa shape index (κ3) is 4.22. The van der Waals surface area contributed by atoms with Gasteiger partial charge in [-0.25, -0.2) is 0 Å². The predicted octanol–water partition coefficient (Wildman–Crippen LogP) is 12.7. The predicted molar refractivity (Wildman–Crippen MR) is 257 cm³/mol. The van der Waals surface area contributed by atoms with Gasteiger partial charge in [0.2, 0.25) is 0 Å². The van der Waals surface area contributed by atoms with Crippen molar-refractivity contribution < 1.29 is 0 Å². The molecule has 2 atom stereocenters. The fraction of sp³-hybridized carbons (Fsp3) is 0.214. The Kier molecular flexibility index (Phi) is 6.76. The van der Waals surface area contributed by atoms with E-state index in [1.807, 2.05) is 0 Å². The summed E-state index contributed by atoms with van der Waals surface area (Å²) in [7, 11) is 0. The van der Waals surface area contributed by atoms with Crippen LogP contribution in [-0.4, -0.2) is 16.8 Å². The number of para-hydroxylation sites is 3. The standard InChI is InChI=1S/C56H48BN3/c1-54(2,3)35-31-44-53-46(32-35)57-45-28-18-27-43-49-41-25-14-12-23-39(41)40-24-13-15-26-42(40)52(49)59(51(43)45)47-33-38(58(36-19-8-6-9-20-36)37-21-10-7-11-22-37)34-48(50(47)57)60(53)56(5)30-17-16-29-55(44,56)4/h6-15,18-28,31-34H,16-17,29-30H2,1-5H3. The van der Waals surface area contributed by atoms with Crippen molar-refractivity contribution in [2.45, 2.75) is 76.7 Å². The summed E-state index contributed by atoms with van der Waals surface area (Å²) in [5.74, 6) is 0. The molecule has 1 fully saturated rings. The highest BCUT2D eigenvalue weighted by Crippen LogP contribution is 2.62. The minimum atomic E-state index is -0.0888. The molecule has 3 nitrogen and oxygen atoms in total. The average molecular weight is 774 g/mol. The van der Waals surface area contributed by atoms with Crippen molar-refractivity contribution in [3.05, 3.63) is 163 Å². The first kappa shape index (κ1) is 34.6. The Morgan fingerprint density at radius 3 is 1.85 bits per heavy atom. The molecule has 4 heterocycles. The molecule has 0 saturated heterocycles. The molecule has 290 valence electrons. The van der Waals surface area contributed by atoms with E-state index in [4.69, 9.17) is 0 Å². The van der Waals surface area contributed by atoms with Crippen LogP contribution in [0.1, 0.15) is 71.4 Å². The molecule has 1 aromatic heterocycles. The highest BCUT2D eigenvalue weighted by atomic mass is 15.3. The molecule has 4 aliphatic rings. The maximum absolute atomic E-state index is 2.89. The van der Waals surface area contributed by atoms with Crippen LogP contribution in [0, 0.1) is 0 Å². The second-order valence-corrected chi connectivity index (χ2v) is 19.6. The fourth-order valence-corrected chi connectivity index (χ4v) is 12.6. The van der Waals surface area contributed by atoms with Crippen LogP contribution in [0.2, 0.25) is 0 Å². The van der Waals surface area contributed by atoms with E-state index in [2.05, 4.69) is 201 Å². The number of hydrogen-bond acceptors (Lipinski definition) is 2. The molecule has 0 spiro atoms. The quantitative estimate of drug-likeness (QED) is 0.131. The van der Waals surface area contributed by atoms with E-state index in [1.54, 1.807) is 5.56 Å². The van der Waals surface area contributed by atoms with E-state index in [0.717, 1.165) is 17.8 Å². The van der Waals surface area contributed by atoms with Crippen LogP contribution in [0.25, 0.3) is 49.0 Å². The van der Waals surface area contributed by atoms with Crippen LogP contribution >= 0.6 is 0 Å². The number of fused-ring (bicyclic) bond motifs is 15. The number of rotatable bonds is 3. The van der Waals surface area contributed by atoms with Crippen LogP contribution in [-0.2, 0) is 10.8 Å². The minimum absolute atomic E-state index is 0.00656. The molecule has 8 aromatic carbocycles. The van der Waals surface area contributed by atoms with E-state index in [-0.39, 0.29) is 23.1 Å². The average Bonchev–Trinajstić information content (AvgIpc) is 3.73. The first-order valence-corrected chi connectivity index (χ1v) is 22.1. The van der Waals surface area contributed by atoms with Gasteiger partial charge in [-0.3, -0.25) is 0 Å². The summed E-state index contributed by atoms with van der Waals surface area (Å²) in [5.41, 5.74) is 17.6. The lowest BCUT2D eigenvalue weighted by atomic mass is 9.33. The Hall–Kier alpha value is -6.26. The second-order valence-electron chi connectivity index (χ2n) is 19.6. The van der Waals surface area contributed by atoms with Gasteiger partial charge in [-0.2, -0.15) is 0 Å². The maximum Gasteiger partial charge on any atom is 0.252 e. The van der Waals surface area contributed by atoms with Crippen molar-refractivity contribution in [1.82, 2.24) is 4.57 Å². The first-order valence-electron chi connectivity index (χ1n) is 22.1. The van der Waals surface area contributed by atoms with Gasteiger partial charge >= 0.3 is 0 Å². The van der Waals surface area contributed by atoms with Crippen LogP contribution < -0.4 is 26.2 Å². The molecular formula is C56H48BN3. The number of benzene rings is 8. The Bertz CT molecular complexity index is 3260. The van der Waals surface area contributed by atoms with Gasteiger partial charge in [-0.05, 0) is 105 Å². The Balaban J connectivity index is 1.26. The Labute approximate surface area is 353 Å². The Morgan fingerprint density at radius 2 is 1.15 bits per heavy atom. The molecule has 4 heteroatoms. The lowest BCUT2D eigenvalue weighted by Crippen LogP contribution is -2.64. The smallest absolute Gasteiger partial charge is 0.252 e. The summed E-state index contributed by atoms with van der Waals surface area (Å²) < 4.78 is 2.71. The maximum atomic E-state index is 2.89. The molecule has 1 saturated carbocycles. The molecule has 1 aliphatic carbocycles. The van der Waals surface area contributed by atoms with Crippen molar-refractivity contribution in [2.24, 2.45) is 0 Å². The van der Waals surface area contributed by atoms with Crippen molar-refractivity contribution in [1.29, 1.82) is 0 Å². The number of anilines is 5. The van der Waals surface area contributed by atoms with E-state index < -0.39 is 0 Å². The molecular weight excluding hydrogens is 725 g/mol. The lowest BCUT2D eigenvalue weighted by Gasteiger charge is -2.52. The van der Waals surface area contributed by atoms with Crippen LogP contribution in [0.15, 0.2) is 152 Å². The number of nitrogens with zero attached hydrogens (tertiary/aromatic N) is 3. The van der Waals surface area contributed by atoms with E-state index in [9.17, 15) is 0 Å². The summed E-state index contributed by atoms with van der Waals surface area (Å²) in [4.78, 5) is 5.38. The van der Waals surface area contributed by atoms with Crippen LogP contribution in [0.3, 0.4) is 0 Å². The van der Waals surface area contributed by atoms with Gasteiger partial charge in [0, 0.05) is 55.5 Å². The molecule has 0 radical (unpaired) electrons. The molecule has 0 bridgehead atoms. The largest absolute Gasteiger partial charge is 0.335 e. The lowest BCUT2D eigenvalue weighted by molar-refractivity contribution is 0.195.